The van der Waals surface area contributed by atoms with Crippen molar-refractivity contribution in [2.75, 3.05) is 0 Å². The van der Waals surface area contributed by atoms with Crippen LogP contribution in [0.3, 0.4) is 0 Å². The fourth-order valence-electron chi connectivity index (χ4n) is 9.68. The van der Waals surface area contributed by atoms with Gasteiger partial charge in [-0.3, -0.25) is 0 Å². The van der Waals surface area contributed by atoms with E-state index in [-0.39, 0.29) is 5.41 Å². The van der Waals surface area contributed by atoms with Crippen LogP contribution in [0.2, 0.25) is 0 Å². The van der Waals surface area contributed by atoms with Gasteiger partial charge < -0.3 is 0 Å². The maximum absolute atomic E-state index is 2.48. The largest absolute Gasteiger partial charge is 0.135 e. The van der Waals surface area contributed by atoms with E-state index >= 15 is 0 Å². The highest BCUT2D eigenvalue weighted by Crippen LogP contribution is 2.63. The predicted molar refractivity (Wildman–Crippen MR) is 214 cm³/mol. The summed E-state index contributed by atoms with van der Waals surface area (Å²) in [6, 6.07) is 64.0. The topological polar surface area (TPSA) is 0 Å². The smallest absolute Gasteiger partial charge is 0.0725 e. The first-order valence-corrected chi connectivity index (χ1v) is 18.2. The lowest BCUT2D eigenvalue weighted by atomic mass is 9.70. The lowest BCUT2D eigenvalue weighted by Crippen LogP contribution is -2.26. The molecule has 0 saturated heterocycles. The quantitative estimate of drug-likeness (QED) is 0.164. The highest BCUT2D eigenvalue weighted by Gasteiger charge is 2.51. The summed E-state index contributed by atoms with van der Waals surface area (Å²) >= 11 is 1.91. The van der Waals surface area contributed by atoms with E-state index < -0.39 is 0 Å². The van der Waals surface area contributed by atoms with Crippen molar-refractivity contribution in [1.82, 2.24) is 0 Å². The highest BCUT2D eigenvalue weighted by molar-refractivity contribution is 7.26. The Morgan fingerprint density at radius 2 is 0.940 bits per heavy atom. The van der Waals surface area contributed by atoms with Crippen molar-refractivity contribution >= 4 is 63.8 Å². The fraction of sp³-hybridized carbons (Fsp3) is 0.0204. The molecule has 0 amide bonds. The molecule has 0 aliphatic heterocycles. The van der Waals surface area contributed by atoms with E-state index in [9.17, 15) is 0 Å². The molecule has 0 saturated carbocycles. The second kappa shape index (κ2) is 9.57. The van der Waals surface area contributed by atoms with E-state index in [4.69, 9.17) is 0 Å². The van der Waals surface area contributed by atoms with Gasteiger partial charge in [0.2, 0.25) is 0 Å². The molecule has 12 rings (SSSR count). The van der Waals surface area contributed by atoms with E-state index in [2.05, 4.69) is 170 Å². The maximum Gasteiger partial charge on any atom is 0.0725 e. The van der Waals surface area contributed by atoms with Crippen LogP contribution in [0.4, 0.5) is 0 Å². The van der Waals surface area contributed by atoms with Gasteiger partial charge in [0, 0.05) is 20.2 Å². The van der Waals surface area contributed by atoms with Gasteiger partial charge in [-0.2, -0.15) is 0 Å². The first-order valence-electron chi connectivity index (χ1n) is 17.4. The molecule has 0 radical (unpaired) electrons. The molecular formula is C49H28S. The lowest BCUT2D eigenvalue weighted by molar-refractivity contribution is 0.797. The second-order valence-corrected chi connectivity index (χ2v) is 15.0. The van der Waals surface area contributed by atoms with Crippen LogP contribution in [0.15, 0.2) is 170 Å². The zero-order valence-corrected chi connectivity index (χ0v) is 27.9. The van der Waals surface area contributed by atoms with Crippen molar-refractivity contribution in [3.63, 3.8) is 0 Å². The van der Waals surface area contributed by atoms with Crippen molar-refractivity contribution in [1.29, 1.82) is 0 Å². The van der Waals surface area contributed by atoms with Crippen molar-refractivity contribution in [3.05, 3.63) is 192 Å². The normalized spacial score (nSPS) is 15.7. The molecule has 0 nitrogen and oxygen atoms in total. The molecule has 1 spiro atoms. The van der Waals surface area contributed by atoms with Crippen LogP contribution in [-0.4, -0.2) is 0 Å². The highest BCUT2D eigenvalue weighted by atomic mass is 32.1. The van der Waals surface area contributed by atoms with Gasteiger partial charge in [0.1, 0.15) is 0 Å². The maximum atomic E-state index is 2.48. The first kappa shape index (κ1) is 26.9. The average molecular weight is 649 g/mol. The summed E-state index contributed by atoms with van der Waals surface area (Å²) in [4.78, 5) is 0. The molecule has 230 valence electrons. The number of benzene rings is 9. The molecule has 2 aliphatic carbocycles. The third-order valence-electron chi connectivity index (χ3n) is 11.7. The number of thiophene rings is 1. The van der Waals surface area contributed by atoms with Crippen LogP contribution in [0, 0.1) is 0 Å². The molecule has 1 aromatic heterocycles. The van der Waals surface area contributed by atoms with Gasteiger partial charge in [-0.1, -0.05) is 152 Å². The second-order valence-electron chi connectivity index (χ2n) is 13.9. The monoisotopic (exact) mass is 648 g/mol. The molecule has 0 bridgehead atoms. The molecule has 10 aromatic rings. The molecule has 9 aromatic carbocycles. The summed E-state index contributed by atoms with van der Waals surface area (Å²) < 4.78 is 2.70. The Bertz CT molecular complexity index is 3090. The third kappa shape index (κ3) is 3.22. The summed E-state index contributed by atoms with van der Waals surface area (Å²) in [6.45, 7) is 0. The van der Waals surface area contributed by atoms with Crippen molar-refractivity contribution in [2.24, 2.45) is 0 Å². The molecule has 50 heavy (non-hydrogen) atoms. The van der Waals surface area contributed by atoms with E-state index in [0.29, 0.717) is 0 Å². The van der Waals surface area contributed by atoms with Gasteiger partial charge in [0.05, 0.1) is 5.41 Å². The molecule has 1 atom stereocenters. The van der Waals surface area contributed by atoms with Crippen LogP contribution < -0.4 is 0 Å². The number of hydrogen-bond acceptors (Lipinski definition) is 1. The Balaban J connectivity index is 1.16. The number of fused-ring (bicyclic) bond motifs is 13. The zero-order valence-electron chi connectivity index (χ0n) is 27.1. The van der Waals surface area contributed by atoms with Crippen molar-refractivity contribution in [3.8, 4) is 33.4 Å². The Labute approximate surface area is 293 Å². The molecule has 2 aliphatic rings. The molecule has 0 fully saturated rings. The Hall–Kier alpha value is -6.02. The minimum absolute atomic E-state index is 0.380. The van der Waals surface area contributed by atoms with Crippen LogP contribution in [0.5, 0.6) is 0 Å². The van der Waals surface area contributed by atoms with Gasteiger partial charge in [-0.25, -0.2) is 0 Å². The minimum Gasteiger partial charge on any atom is -0.135 e. The predicted octanol–water partition coefficient (Wildman–Crippen LogP) is 13.5. The Morgan fingerprint density at radius 1 is 0.320 bits per heavy atom. The van der Waals surface area contributed by atoms with E-state index in [1.807, 2.05) is 11.3 Å². The van der Waals surface area contributed by atoms with Crippen molar-refractivity contribution < 1.29 is 0 Å². The minimum atomic E-state index is -0.380. The van der Waals surface area contributed by atoms with Crippen LogP contribution in [-0.2, 0) is 5.41 Å². The summed E-state index contributed by atoms with van der Waals surface area (Å²) in [7, 11) is 0. The van der Waals surface area contributed by atoms with Gasteiger partial charge in [0.15, 0.2) is 0 Å². The summed E-state index contributed by atoms with van der Waals surface area (Å²) in [5.41, 5.74) is 13.0. The SMILES string of the molecule is c1ccc(-c2ccc3c(c2)c2cccc4c2c2c(cccc32)C42c3ccccc3-c3cc(-c4cccc5c4sc4ccccc45)ccc32)cc1. The Kier molecular flexibility index (Phi) is 5.14. The van der Waals surface area contributed by atoms with Gasteiger partial charge in [0.25, 0.3) is 0 Å². The van der Waals surface area contributed by atoms with Gasteiger partial charge in [-0.15, -0.1) is 11.3 Å². The standard InChI is InChI=1S/C49H28S/c1-2-11-29(12-3-1)30-23-25-33-36-16-9-20-43-46(36)47-37(39(33)27-30)17-10-21-44(47)49(43)41-19-6-4-13-34(41)40-28-31(24-26-42(40)49)32-15-8-18-38-35-14-5-7-22-45(35)50-48(32)38/h1-28H. The van der Waals surface area contributed by atoms with E-state index in [1.54, 1.807) is 0 Å². The van der Waals surface area contributed by atoms with Crippen LogP contribution in [0.1, 0.15) is 22.3 Å². The van der Waals surface area contributed by atoms with Crippen molar-refractivity contribution in [2.45, 2.75) is 5.41 Å². The number of hydrogen-bond donors (Lipinski definition) is 0. The van der Waals surface area contributed by atoms with Gasteiger partial charge in [-0.05, 0) is 106 Å². The summed E-state index contributed by atoms with van der Waals surface area (Å²) in [6.07, 6.45) is 0. The molecule has 1 unspecified atom stereocenters. The lowest BCUT2D eigenvalue weighted by Gasteiger charge is -2.31. The Morgan fingerprint density at radius 3 is 1.80 bits per heavy atom. The van der Waals surface area contributed by atoms with E-state index in [0.717, 1.165) is 0 Å². The van der Waals surface area contributed by atoms with Crippen LogP contribution in [0.25, 0.3) is 85.9 Å². The summed E-state index contributed by atoms with van der Waals surface area (Å²) in [5, 5.41) is 10.8. The van der Waals surface area contributed by atoms with E-state index in [1.165, 1.54) is 108 Å². The summed E-state index contributed by atoms with van der Waals surface area (Å²) in [5.74, 6) is 0. The fourth-order valence-corrected chi connectivity index (χ4v) is 10.9. The zero-order chi connectivity index (χ0) is 32.6. The molecular weight excluding hydrogens is 621 g/mol. The average Bonchev–Trinajstić information content (AvgIpc) is 3.82. The van der Waals surface area contributed by atoms with Crippen LogP contribution >= 0.6 is 11.3 Å². The molecule has 1 heterocycles. The third-order valence-corrected chi connectivity index (χ3v) is 12.9. The molecule has 1 heteroatoms. The number of rotatable bonds is 2. The van der Waals surface area contributed by atoms with Gasteiger partial charge >= 0.3 is 0 Å². The molecule has 0 N–H and O–H groups in total. The first-order chi connectivity index (χ1) is 24.8.